The van der Waals surface area contributed by atoms with Crippen LogP contribution in [-0.2, 0) is 20.7 Å². The number of aromatic nitrogens is 2. The molecule has 9 nitrogen and oxygen atoms in total. The molecular weight excluding hydrogens is 292 g/mol. The first-order chi connectivity index (χ1) is 10.2. The molecule has 22 heavy (non-hydrogen) atoms. The average molecular weight is 312 g/mol. The smallest absolute Gasteiger partial charge is 0.408 e. The van der Waals surface area contributed by atoms with E-state index in [1.807, 2.05) is 0 Å². The van der Waals surface area contributed by atoms with Gasteiger partial charge in [-0.25, -0.2) is 9.78 Å². The van der Waals surface area contributed by atoms with Crippen molar-refractivity contribution in [1.82, 2.24) is 20.6 Å². The quantitative estimate of drug-likeness (QED) is 0.586. The molecule has 0 spiro atoms. The van der Waals surface area contributed by atoms with Gasteiger partial charge >= 0.3 is 12.1 Å². The van der Waals surface area contributed by atoms with Crippen LogP contribution in [0.1, 0.15) is 26.5 Å². The largest absolute Gasteiger partial charge is 0.480 e. The van der Waals surface area contributed by atoms with Crippen LogP contribution in [-0.4, -0.2) is 51.2 Å². The minimum Gasteiger partial charge on any atom is -0.480 e. The molecule has 0 unspecified atom stereocenters. The van der Waals surface area contributed by atoms with Gasteiger partial charge in [0.25, 0.3) is 0 Å². The summed E-state index contributed by atoms with van der Waals surface area (Å²) in [5, 5.41) is 13.2. The molecule has 0 bridgehead atoms. The molecule has 122 valence electrons. The molecule has 0 aliphatic carbocycles. The molecule has 0 aliphatic heterocycles. The van der Waals surface area contributed by atoms with Crippen LogP contribution in [0, 0.1) is 0 Å². The van der Waals surface area contributed by atoms with E-state index in [4.69, 9.17) is 9.84 Å². The number of aromatic amines is 1. The lowest BCUT2D eigenvalue weighted by Crippen LogP contribution is -2.50. The molecule has 0 aliphatic rings. The van der Waals surface area contributed by atoms with Gasteiger partial charge in [0, 0.05) is 12.6 Å². The maximum atomic E-state index is 12.0. The molecule has 1 heterocycles. The van der Waals surface area contributed by atoms with Crippen LogP contribution >= 0.6 is 0 Å². The maximum Gasteiger partial charge on any atom is 0.408 e. The van der Waals surface area contributed by atoms with Crippen molar-refractivity contribution in [3.8, 4) is 0 Å². The van der Waals surface area contributed by atoms with Crippen LogP contribution in [0.5, 0.6) is 0 Å². The van der Waals surface area contributed by atoms with Gasteiger partial charge in [-0.05, 0) is 20.8 Å². The van der Waals surface area contributed by atoms with E-state index in [0.29, 0.717) is 5.69 Å². The van der Waals surface area contributed by atoms with E-state index in [0.717, 1.165) is 0 Å². The lowest BCUT2D eigenvalue weighted by Gasteiger charge is -2.22. The molecule has 9 heteroatoms. The van der Waals surface area contributed by atoms with Crippen LogP contribution in [0.25, 0.3) is 0 Å². The number of hydrogen-bond donors (Lipinski definition) is 4. The molecule has 1 rings (SSSR count). The molecule has 0 fully saturated rings. The predicted octanol–water partition coefficient (Wildman–Crippen LogP) is 0.0463. The van der Waals surface area contributed by atoms with Gasteiger partial charge in [-0.15, -0.1) is 0 Å². The fourth-order valence-corrected chi connectivity index (χ4v) is 1.56. The molecule has 2 amide bonds. The maximum absolute atomic E-state index is 12.0. The highest BCUT2D eigenvalue weighted by Crippen LogP contribution is 2.07. The minimum atomic E-state index is -1.18. The van der Waals surface area contributed by atoms with Gasteiger partial charge in [0.05, 0.1) is 12.0 Å². The number of nitrogens with one attached hydrogen (secondary N) is 3. The molecule has 0 radical (unpaired) electrons. The van der Waals surface area contributed by atoms with Crippen molar-refractivity contribution < 1.29 is 24.2 Å². The summed E-state index contributed by atoms with van der Waals surface area (Å²) >= 11 is 0. The van der Waals surface area contributed by atoms with Crippen LogP contribution in [0.3, 0.4) is 0 Å². The Balaban J connectivity index is 2.70. The summed E-state index contributed by atoms with van der Waals surface area (Å²) < 4.78 is 5.09. The Kier molecular flexibility index (Phi) is 5.90. The molecule has 1 atom stereocenters. The number of carbonyl (C=O) groups excluding carboxylic acids is 2. The van der Waals surface area contributed by atoms with Crippen molar-refractivity contribution in [3.63, 3.8) is 0 Å². The number of carboxylic acids is 1. The number of imidazole rings is 1. The summed E-state index contributed by atoms with van der Waals surface area (Å²) in [6.07, 6.45) is 2.36. The first-order valence-electron chi connectivity index (χ1n) is 6.64. The topological polar surface area (TPSA) is 133 Å². The summed E-state index contributed by atoms with van der Waals surface area (Å²) in [5.74, 6) is -1.81. The van der Waals surface area contributed by atoms with Crippen LogP contribution < -0.4 is 10.6 Å². The van der Waals surface area contributed by atoms with Gasteiger partial charge in [-0.3, -0.25) is 9.59 Å². The van der Waals surface area contributed by atoms with E-state index in [1.165, 1.54) is 6.33 Å². The normalized spacial score (nSPS) is 12.3. The summed E-state index contributed by atoms with van der Waals surface area (Å²) in [6.45, 7) is 4.55. The number of amides is 2. The zero-order chi connectivity index (χ0) is 16.8. The number of rotatable bonds is 6. The van der Waals surface area contributed by atoms with Crippen molar-refractivity contribution in [2.24, 2.45) is 0 Å². The molecular formula is C13H20N4O5. The standard InChI is InChI=1S/C13H20N4O5/c1-13(2,3)22-12(21)17-9(4-8-5-14-7-16-8)11(20)15-6-10(18)19/h5,7,9H,4,6H2,1-3H3,(H,14,16)(H,15,20)(H,17,21)(H,18,19)/t9-/m0/s1. The molecule has 1 aromatic rings. The number of alkyl carbamates (subject to hydrolysis) is 1. The first kappa shape index (κ1) is 17.5. The van der Waals surface area contributed by atoms with Gasteiger partial charge in [0.1, 0.15) is 18.2 Å². The second-order valence-corrected chi connectivity index (χ2v) is 5.58. The SMILES string of the molecule is CC(C)(C)OC(=O)N[C@@H](Cc1c[nH]cn1)C(=O)NCC(=O)O. The Morgan fingerprint density at radius 3 is 2.59 bits per heavy atom. The minimum absolute atomic E-state index is 0.105. The van der Waals surface area contributed by atoms with Gasteiger partial charge in [-0.2, -0.15) is 0 Å². The Bertz CT molecular complexity index is 521. The van der Waals surface area contributed by atoms with E-state index in [1.54, 1.807) is 27.0 Å². The fraction of sp³-hybridized carbons (Fsp3) is 0.538. The number of ether oxygens (including phenoxy) is 1. The average Bonchev–Trinajstić information content (AvgIpc) is 2.85. The highest BCUT2D eigenvalue weighted by atomic mass is 16.6. The second-order valence-electron chi connectivity index (χ2n) is 5.58. The number of carboxylic acid groups (broad SMARTS) is 1. The third-order valence-corrected chi connectivity index (χ3v) is 2.39. The van der Waals surface area contributed by atoms with E-state index in [2.05, 4.69) is 20.6 Å². The fourth-order valence-electron chi connectivity index (χ4n) is 1.56. The van der Waals surface area contributed by atoms with Crippen LogP contribution in [0.2, 0.25) is 0 Å². The summed E-state index contributed by atoms with van der Waals surface area (Å²) in [6, 6.07) is -0.988. The number of H-pyrrole nitrogens is 1. The zero-order valence-electron chi connectivity index (χ0n) is 12.7. The molecule has 4 N–H and O–H groups in total. The Hall–Kier alpha value is -2.58. The number of carbonyl (C=O) groups is 3. The summed E-state index contributed by atoms with van der Waals surface area (Å²) in [5.41, 5.74) is -0.162. The number of aliphatic carboxylic acids is 1. The van der Waals surface area contributed by atoms with Gasteiger partial charge in [0.2, 0.25) is 5.91 Å². The summed E-state index contributed by atoms with van der Waals surface area (Å²) in [4.78, 5) is 41.0. The zero-order valence-corrected chi connectivity index (χ0v) is 12.7. The van der Waals surface area contributed by atoms with Gasteiger partial charge < -0.3 is 25.5 Å². The Morgan fingerprint density at radius 1 is 1.41 bits per heavy atom. The molecule has 0 aromatic carbocycles. The third kappa shape index (κ3) is 6.73. The van der Waals surface area contributed by atoms with Crippen molar-refractivity contribution in [1.29, 1.82) is 0 Å². The van der Waals surface area contributed by atoms with E-state index >= 15 is 0 Å². The van der Waals surface area contributed by atoms with E-state index in [9.17, 15) is 14.4 Å². The second kappa shape index (κ2) is 7.43. The predicted molar refractivity (Wildman–Crippen MR) is 76.1 cm³/mol. The third-order valence-electron chi connectivity index (χ3n) is 2.39. The van der Waals surface area contributed by atoms with Crippen molar-refractivity contribution in [3.05, 3.63) is 18.2 Å². The molecule has 1 aromatic heterocycles. The first-order valence-corrected chi connectivity index (χ1v) is 6.64. The Labute approximate surface area is 127 Å². The highest BCUT2D eigenvalue weighted by molar-refractivity contribution is 5.88. The van der Waals surface area contributed by atoms with Crippen molar-refractivity contribution >= 4 is 18.0 Å². The van der Waals surface area contributed by atoms with Crippen molar-refractivity contribution in [2.75, 3.05) is 6.54 Å². The monoisotopic (exact) mass is 312 g/mol. The molecule has 0 saturated carbocycles. The lowest BCUT2D eigenvalue weighted by atomic mass is 10.1. The van der Waals surface area contributed by atoms with Crippen LogP contribution in [0.4, 0.5) is 4.79 Å². The highest BCUT2D eigenvalue weighted by Gasteiger charge is 2.25. The molecule has 0 saturated heterocycles. The summed E-state index contributed by atoms with van der Waals surface area (Å²) in [7, 11) is 0. The van der Waals surface area contributed by atoms with Gasteiger partial charge in [-0.1, -0.05) is 0 Å². The van der Waals surface area contributed by atoms with Gasteiger partial charge in [0.15, 0.2) is 0 Å². The lowest BCUT2D eigenvalue weighted by molar-refractivity contribution is -0.138. The Morgan fingerprint density at radius 2 is 2.09 bits per heavy atom. The van der Waals surface area contributed by atoms with Crippen LogP contribution in [0.15, 0.2) is 12.5 Å². The number of nitrogens with zero attached hydrogens (tertiary/aromatic N) is 1. The number of hydrogen-bond acceptors (Lipinski definition) is 5. The van der Waals surface area contributed by atoms with E-state index in [-0.39, 0.29) is 6.42 Å². The van der Waals surface area contributed by atoms with Crippen molar-refractivity contribution in [2.45, 2.75) is 38.8 Å². The van der Waals surface area contributed by atoms with E-state index < -0.39 is 36.2 Å².